The minimum absolute atomic E-state index is 0.0265. The third-order valence-corrected chi connectivity index (χ3v) is 3.75. The van der Waals surface area contributed by atoms with Crippen molar-refractivity contribution in [2.75, 3.05) is 0 Å². The molecule has 0 saturated carbocycles. The second kappa shape index (κ2) is 5.75. The molecule has 1 N–H and O–H groups in total. The van der Waals surface area contributed by atoms with Crippen LogP contribution in [0.15, 0.2) is 22.7 Å². The highest BCUT2D eigenvalue weighted by Crippen LogP contribution is 2.16. The first-order valence-corrected chi connectivity index (χ1v) is 6.91. The van der Waals surface area contributed by atoms with E-state index in [0.717, 1.165) is 17.0 Å². The zero-order valence-corrected chi connectivity index (χ0v) is 13.1. The SMILES string of the molecule is Cc1nn(C)c(C)c1CNC(=O)c1cc(Br)ccc1F. The largest absolute Gasteiger partial charge is 0.348 e. The van der Waals surface area contributed by atoms with Gasteiger partial charge in [0.25, 0.3) is 5.91 Å². The fourth-order valence-corrected chi connectivity index (χ4v) is 2.37. The second-order valence-corrected chi connectivity index (χ2v) is 5.50. The van der Waals surface area contributed by atoms with Crippen LogP contribution < -0.4 is 5.32 Å². The molecule has 1 aromatic heterocycles. The summed E-state index contributed by atoms with van der Waals surface area (Å²) in [7, 11) is 1.85. The van der Waals surface area contributed by atoms with Crippen LogP contribution in [-0.2, 0) is 13.6 Å². The van der Waals surface area contributed by atoms with E-state index < -0.39 is 11.7 Å². The van der Waals surface area contributed by atoms with Crippen LogP contribution in [0.5, 0.6) is 0 Å². The maximum absolute atomic E-state index is 13.6. The lowest BCUT2D eigenvalue weighted by Crippen LogP contribution is -2.24. The van der Waals surface area contributed by atoms with Gasteiger partial charge in [0, 0.05) is 29.3 Å². The van der Waals surface area contributed by atoms with Gasteiger partial charge in [-0.2, -0.15) is 5.10 Å². The van der Waals surface area contributed by atoms with E-state index in [1.54, 1.807) is 10.7 Å². The van der Waals surface area contributed by atoms with E-state index in [4.69, 9.17) is 0 Å². The summed E-state index contributed by atoms with van der Waals surface area (Å²) in [6.07, 6.45) is 0. The number of rotatable bonds is 3. The van der Waals surface area contributed by atoms with Gasteiger partial charge in [-0.1, -0.05) is 15.9 Å². The van der Waals surface area contributed by atoms with E-state index in [2.05, 4.69) is 26.3 Å². The molecule has 0 radical (unpaired) electrons. The average molecular weight is 340 g/mol. The molecule has 0 atom stereocenters. The van der Waals surface area contributed by atoms with Crippen LogP contribution in [0, 0.1) is 19.7 Å². The number of halogens is 2. The van der Waals surface area contributed by atoms with E-state index in [1.165, 1.54) is 12.1 Å². The Morgan fingerprint density at radius 1 is 1.45 bits per heavy atom. The molecule has 1 aromatic carbocycles. The first-order valence-electron chi connectivity index (χ1n) is 6.12. The molecule has 0 bridgehead atoms. The molecule has 2 aromatic rings. The summed E-state index contributed by atoms with van der Waals surface area (Å²) >= 11 is 3.23. The standard InChI is InChI=1S/C14H15BrFN3O/c1-8-12(9(2)19(3)18-8)7-17-14(20)11-6-10(15)4-5-13(11)16/h4-6H,7H2,1-3H3,(H,17,20). The molecule has 0 saturated heterocycles. The second-order valence-electron chi connectivity index (χ2n) is 4.58. The van der Waals surface area contributed by atoms with E-state index in [-0.39, 0.29) is 5.56 Å². The van der Waals surface area contributed by atoms with Gasteiger partial charge >= 0.3 is 0 Å². The summed E-state index contributed by atoms with van der Waals surface area (Å²) in [5.74, 6) is -0.975. The van der Waals surface area contributed by atoms with Gasteiger partial charge in [0.15, 0.2) is 0 Å². The van der Waals surface area contributed by atoms with Crippen molar-refractivity contribution in [3.8, 4) is 0 Å². The highest BCUT2D eigenvalue weighted by atomic mass is 79.9. The van der Waals surface area contributed by atoms with Crippen LogP contribution in [0.3, 0.4) is 0 Å². The molecule has 2 rings (SSSR count). The van der Waals surface area contributed by atoms with Crippen LogP contribution in [0.4, 0.5) is 4.39 Å². The van der Waals surface area contributed by atoms with Crippen LogP contribution in [0.2, 0.25) is 0 Å². The lowest BCUT2D eigenvalue weighted by atomic mass is 10.1. The number of carbonyl (C=O) groups is 1. The van der Waals surface area contributed by atoms with Crippen molar-refractivity contribution in [1.82, 2.24) is 15.1 Å². The zero-order chi connectivity index (χ0) is 14.9. The molecule has 0 aliphatic rings. The van der Waals surface area contributed by atoms with Crippen molar-refractivity contribution < 1.29 is 9.18 Å². The number of carbonyl (C=O) groups excluding carboxylic acids is 1. The molecule has 0 fully saturated rings. The number of hydrogen-bond acceptors (Lipinski definition) is 2. The third kappa shape index (κ3) is 2.90. The van der Waals surface area contributed by atoms with Crippen molar-refractivity contribution >= 4 is 21.8 Å². The van der Waals surface area contributed by atoms with Crippen molar-refractivity contribution in [2.24, 2.45) is 7.05 Å². The highest BCUT2D eigenvalue weighted by molar-refractivity contribution is 9.10. The molecular weight excluding hydrogens is 325 g/mol. The number of nitrogens with one attached hydrogen (secondary N) is 1. The summed E-state index contributed by atoms with van der Waals surface area (Å²) in [5.41, 5.74) is 2.83. The first kappa shape index (κ1) is 14.7. The average Bonchev–Trinajstić information content (AvgIpc) is 2.64. The van der Waals surface area contributed by atoms with E-state index in [0.29, 0.717) is 11.0 Å². The Labute approximate surface area is 125 Å². The molecule has 20 heavy (non-hydrogen) atoms. The minimum Gasteiger partial charge on any atom is -0.348 e. The van der Waals surface area contributed by atoms with Gasteiger partial charge in [0.1, 0.15) is 5.82 Å². The molecule has 0 spiro atoms. The lowest BCUT2D eigenvalue weighted by molar-refractivity contribution is 0.0946. The number of amides is 1. The Morgan fingerprint density at radius 3 is 2.75 bits per heavy atom. The Bertz CT molecular complexity index is 667. The van der Waals surface area contributed by atoms with Gasteiger partial charge in [0.05, 0.1) is 11.3 Å². The van der Waals surface area contributed by atoms with Crippen LogP contribution in [0.25, 0.3) is 0 Å². The van der Waals surface area contributed by atoms with E-state index >= 15 is 0 Å². The van der Waals surface area contributed by atoms with Gasteiger partial charge in [-0.25, -0.2) is 4.39 Å². The van der Waals surface area contributed by atoms with Crippen molar-refractivity contribution in [3.63, 3.8) is 0 Å². The van der Waals surface area contributed by atoms with Gasteiger partial charge in [-0.15, -0.1) is 0 Å². The number of nitrogens with zero attached hydrogens (tertiary/aromatic N) is 2. The maximum Gasteiger partial charge on any atom is 0.254 e. The number of aromatic nitrogens is 2. The summed E-state index contributed by atoms with van der Waals surface area (Å²) in [5, 5.41) is 7.00. The molecule has 6 heteroatoms. The summed E-state index contributed by atoms with van der Waals surface area (Å²) in [6, 6.07) is 4.29. The van der Waals surface area contributed by atoms with Gasteiger partial charge in [0.2, 0.25) is 0 Å². The molecule has 4 nitrogen and oxygen atoms in total. The fourth-order valence-electron chi connectivity index (χ4n) is 2.01. The van der Waals surface area contributed by atoms with Crippen LogP contribution >= 0.6 is 15.9 Å². The lowest BCUT2D eigenvalue weighted by Gasteiger charge is -2.07. The Morgan fingerprint density at radius 2 is 2.15 bits per heavy atom. The quantitative estimate of drug-likeness (QED) is 0.934. The van der Waals surface area contributed by atoms with Crippen molar-refractivity contribution in [1.29, 1.82) is 0 Å². The van der Waals surface area contributed by atoms with Crippen molar-refractivity contribution in [2.45, 2.75) is 20.4 Å². The van der Waals surface area contributed by atoms with E-state index in [1.807, 2.05) is 20.9 Å². The molecule has 0 aliphatic carbocycles. The third-order valence-electron chi connectivity index (χ3n) is 3.26. The van der Waals surface area contributed by atoms with Crippen LogP contribution in [-0.4, -0.2) is 15.7 Å². The Balaban J connectivity index is 2.15. The smallest absolute Gasteiger partial charge is 0.254 e. The molecule has 0 unspecified atom stereocenters. The van der Waals surface area contributed by atoms with Crippen molar-refractivity contribution in [3.05, 3.63) is 51.0 Å². The first-order chi connectivity index (χ1) is 9.40. The van der Waals surface area contributed by atoms with Crippen LogP contribution in [0.1, 0.15) is 27.3 Å². The highest BCUT2D eigenvalue weighted by Gasteiger charge is 2.14. The number of benzene rings is 1. The molecular formula is C14H15BrFN3O. The number of hydrogen-bond donors (Lipinski definition) is 1. The predicted octanol–water partition coefficient (Wildman–Crippen LogP) is 2.87. The maximum atomic E-state index is 13.6. The zero-order valence-electron chi connectivity index (χ0n) is 11.5. The Hall–Kier alpha value is -1.69. The van der Waals surface area contributed by atoms with Gasteiger partial charge in [-0.3, -0.25) is 9.48 Å². The predicted molar refractivity (Wildman–Crippen MR) is 78.0 cm³/mol. The minimum atomic E-state index is -0.537. The molecule has 0 aliphatic heterocycles. The molecule has 106 valence electrons. The molecule has 1 amide bonds. The Kier molecular flexibility index (Phi) is 4.23. The van der Waals surface area contributed by atoms with E-state index in [9.17, 15) is 9.18 Å². The van der Waals surface area contributed by atoms with Gasteiger partial charge < -0.3 is 5.32 Å². The topological polar surface area (TPSA) is 46.9 Å². The monoisotopic (exact) mass is 339 g/mol. The normalized spacial score (nSPS) is 10.7. The summed E-state index contributed by atoms with van der Waals surface area (Å²) in [4.78, 5) is 12.0. The fraction of sp³-hybridized carbons (Fsp3) is 0.286. The molecule has 1 heterocycles. The summed E-state index contributed by atoms with van der Waals surface area (Å²) < 4.78 is 16.0. The number of aryl methyl sites for hydroxylation is 2. The van der Waals surface area contributed by atoms with Gasteiger partial charge in [-0.05, 0) is 32.0 Å². The summed E-state index contributed by atoms with van der Waals surface area (Å²) in [6.45, 7) is 4.14.